The van der Waals surface area contributed by atoms with Gasteiger partial charge in [-0.2, -0.15) is 0 Å². The van der Waals surface area contributed by atoms with Crippen molar-refractivity contribution in [3.8, 4) is 0 Å². The van der Waals surface area contributed by atoms with Crippen LogP contribution in [0.2, 0.25) is 0 Å². The Morgan fingerprint density at radius 1 is 1.35 bits per heavy atom. The van der Waals surface area contributed by atoms with Crippen molar-refractivity contribution >= 4 is 29.4 Å². The van der Waals surface area contributed by atoms with E-state index in [9.17, 15) is 9.59 Å². The number of carbonyl (C=O) groups excluding carboxylic acids is 2. The second kappa shape index (κ2) is 5.43. The minimum Gasteiger partial charge on any atom is -0.347 e. The molecule has 1 aromatic carbocycles. The number of hydrogen-bond acceptors (Lipinski definition) is 4. The third-order valence-corrected chi connectivity index (χ3v) is 5.10. The Bertz CT molecular complexity index is 795. The molecule has 0 saturated carbocycles. The highest BCUT2D eigenvalue weighted by Crippen LogP contribution is 2.33. The molecule has 0 radical (unpaired) electrons. The number of benzene rings is 1. The van der Waals surface area contributed by atoms with Crippen LogP contribution in [0.3, 0.4) is 0 Å². The Morgan fingerprint density at radius 2 is 2.17 bits per heavy atom. The number of aromatic nitrogens is 1. The van der Waals surface area contributed by atoms with Gasteiger partial charge < -0.3 is 15.5 Å². The second-order valence-corrected chi connectivity index (χ2v) is 6.88. The molecule has 3 heterocycles. The molecule has 2 aliphatic heterocycles. The predicted octanol–water partition coefficient (Wildman–Crippen LogP) is 1.65. The molecule has 0 spiro atoms. The Kier molecular flexibility index (Phi) is 3.39. The van der Waals surface area contributed by atoms with Crippen LogP contribution in [0, 0.1) is 0 Å². The van der Waals surface area contributed by atoms with Crippen molar-refractivity contribution in [1.82, 2.24) is 14.2 Å². The highest BCUT2D eigenvalue weighted by atomic mass is 32.2. The van der Waals surface area contributed by atoms with Gasteiger partial charge in [0, 0.05) is 24.8 Å². The van der Waals surface area contributed by atoms with Gasteiger partial charge in [-0.05, 0) is 49.3 Å². The summed E-state index contributed by atoms with van der Waals surface area (Å²) in [5.41, 5.74) is 1.82. The molecule has 1 fully saturated rings. The lowest BCUT2D eigenvalue weighted by Gasteiger charge is -2.36. The van der Waals surface area contributed by atoms with Crippen molar-refractivity contribution in [2.24, 2.45) is 0 Å². The fraction of sp³-hybridized carbons (Fsp3) is 0.250. The zero-order valence-electron chi connectivity index (χ0n) is 12.6. The number of likely N-dealkylation sites (N-methyl/N-ethyl adjacent to an activating group) is 1. The van der Waals surface area contributed by atoms with E-state index in [4.69, 9.17) is 0 Å². The summed E-state index contributed by atoms with van der Waals surface area (Å²) in [6.07, 6.45) is 1.85. The molecule has 4 rings (SSSR count). The average molecular weight is 328 g/mol. The van der Waals surface area contributed by atoms with Gasteiger partial charge >= 0.3 is 0 Å². The van der Waals surface area contributed by atoms with Gasteiger partial charge in [0.1, 0.15) is 5.69 Å². The number of likely N-dealkylation sites (tertiary alicyclic amines) is 1. The first-order valence-corrected chi connectivity index (χ1v) is 8.18. The smallest absolute Gasteiger partial charge is 0.273 e. The quantitative estimate of drug-likeness (QED) is 0.880. The molecular formula is C16H16N4O2S. The Morgan fingerprint density at radius 3 is 2.96 bits per heavy atom. The number of anilines is 1. The molecule has 2 aromatic rings. The predicted molar refractivity (Wildman–Crippen MR) is 88.8 cm³/mol. The SMILES string of the molecule is CN1CC(NC(=O)c2ccc3c(c2)NC(=O)c2cccn2S3)C1. The molecule has 6 nitrogen and oxygen atoms in total. The first kappa shape index (κ1) is 14.3. The van der Waals surface area contributed by atoms with Gasteiger partial charge in [-0.3, -0.25) is 13.6 Å². The summed E-state index contributed by atoms with van der Waals surface area (Å²) in [5, 5.41) is 5.88. The summed E-state index contributed by atoms with van der Waals surface area (Å²) in [6.45, 7) is 1.75. The van der Waals surface area contributed by atoms with E-state index < -0.39 is 0 Å². The summed E-state index contributed by atoms with van der Waals surface area (Å²) in [7, 11) is 2.02. The molecule has 0 atom stereocenters. The minimum absolute atomic E-state index is 0.103. The zero-order valence-corrected chi connectivity index (χ0v) is 13.4. The molecule has 2 aliphatic rings. The van der Waals surface area contributed by atoms with E-state index in [1.54, 1.807) is 18.2 Å². The number of fused-ring (bicyclic) bond motifs is 2. The maximum Gasteiger partial charge on any atom is 0.273 e. The first-order valence-electron chi connectivity index (χ1n) is 7.40. The van der Waals surface area contributed by atoms with Crippen molar-refractivity contribution in [1.29, 1.82) is 0 Å². The Balaban J connectivity index is 1.57. The van der Waals surface area contributed by atoms with Crippen LogP contribution in [0.15, 0.2) is 41.4 Å². The monoisotopic (exact) mass is 328 g/mol. The van der Waals surface area contributed by atoms with E-state index in [1.165, 1.54) is 11.9 Å². The van der Waals surface area contributed by atoms with E-state index in [0.29, 0.717) is 16.9 Å². The maximum absolute atomic E-state index is 12.3. The fourth-order valence-corrected chi connectivity index (χ4v) is 3.74. The molecular weight excluding hydrogens is 312 g/mol. The summed E-state index contributed by atoms with van der Waals surface area (Å²) in [5.74, 6) is -0.270. The molecule has 0 unspecified atom stereocenters. The van der Waals surface area contributed by atoms with Gasteiger partial charge in [0.15, 0.2) is 0 Å². The molecule has 7 heteroatoms. The van der Waals surface area contributed by atoms with Crippen LogP contribution < -0.4 is 10.6 Å². The molecule has 23 heavy (non-hydrogen) atoms. The van der Waals surface area contributed by atoms with Crippen molar-refractivity contribution in [2.75, 3.05) is 25.5 Å². The lowest BCUT2D eigenvalue weighted by atomic mass is 10.1. The summed E-state index contributed by atoms with van der Waals surface area (Å²) in [4.78, 5) is 27.6. The largest absolute Gasteiger partial charge is 0.347 e. The molecule has 1 saturated heterocycles. The third kappa shape index (κ3) is 2.62. The maximum atomic E-state index is 12.3. The molecule has 0 bridgehead atoms. The van der Waals surface area contributed by atoms with Crippen molar-refractivity contribution < 1.29 is 9.59 Å². The van der Waals surface area contributed by atoms with Crippen LogP contribution in [-0.2, 0) is 0 Å². The third-order valence-electron chi connectivity index (χ3n) is 4.03. The number of amides is 2. The van der Waals surface area contributed by atoms with E-state index in [2.05, 4.69) is 15.5 Å². The van der Waals surface area contributed by atoms with Gasteiger partial charge in [-0.25, -0.2) is 0 Å². The normalized spacial score (nSPS) is 17.5. The van der Waals surface area contributed by atoms with Crippen LogP contribution >= 0.6 is 11.9 Å². The summed E-state index contributed by atoms with van der Waals surface area (Å²) >= 11 is 1.46. The number of rotatable bonds is 2. The lowest BCUT2D eigenvalue weighted by molar-refractivity contribution is 0.0857. The summed E-state index contributed by atoms with van der Waals surface area (Å²) < 4.78 is 1.82. The second-order valence-electron chi connectivity index (χ2n) is 5.87. The average Bonchev–Trinajstić information content (AvgIpc) is 2.90. The van der Waals surface area contributed by atoms with Crippen LogP contribution in [-0.4, -0.2) is 46.9 Å². The molecule has 118 valence electrons. The first-order chi connectivity index (χ1) is 11.1. The number of hydrogen-bond donors (Lipinski definition) is 2. The zero-order chi connectivity index (χ0) is 16.0. The van der Waals surface area contributed by atoms with Gasteiger partial charge in [0.25, 0.3) is 11.8 Å². The molecule has 2 amide bonds. The van der Waals surface area contributed by atoms with Gasteiger partial charge in [0.2, 0.25) is 0 Å². The fourth-order valence-electron chi connectivity index (χ4n) is 2.82. The van der Waals surface area contributed by atoms with E-state index >= 15 is 0 Å². The van der Waals surface area contributed by atoms with E-state index in [-0.39, 0.29) is 17.9 Å². The van der Waals surface area contributed by atoms with Gasteiger partial charge in [0.05, 0.1) is 16.6 Å². The van der Waals surface area contributed by atoms with Crippen LogP contribution in [0.1, 0.15) is 20.8 Å². The highest BCUT2D eigenvalue weighted by Gasteiger charge is 2.26. The molecule has 2 N–H and O–H groups in total. The number of nitrogens with one attached hydrogen (secondary N) is 2. The highest BCUT2D eigenvalue weighted by molar-refractivity contribution is 7.98. The van der Waals surface area contributed by atoms with E-state index in [0.717, 1.165) is 18.0 Å². The number of carbonyl (C=O) groups is 2. The Labute approximate surface area is 138 Å². The van der Waals surface area contributed by atoms with Gasteiger partial charge in [-0.1, -0.05) is 0 Å². The summed E-state index contributed by atoms with van der Waals surface area (Å²) in [6, 6.07) is 9.22. The van der Waals surface area contributed by atoms with Gasteiger partial charge in [-0.15, -0.1) is 0 Å². The van der Waals surface area contributed by atoms with E-state index in [1.807, 2.05) is 29.3 Å². The van der Waals surface area contributed by atoms with Crippen LogP contribution in [0.25, 0.3) is 0 Å². The Hall–Kier alpha value is -2.25. The van der Waals surface area contributed by atoms with Crippen molar-refractivity contribution in [3.63, 3.8) is 0 Å². The van der Waals surface area contributed by atoms with Crippen LogP contribution in [0.4, 0.5) is 5.69 Å². The minimum atomic E-state index is -0.167. The van der Waals surface area contributed by atoms with Crippen LogP contribution in [0.5, 0.6) is 0 Å². The van der Waals surface area contributed by atoms with Crippen molar-refractivity contribution in [2.45, 2.75) is 10.9 Å². The standard InChI is InChI=1S/C16H16N4O2S/c1-19-8-11(9-19)17-15(21)10-4-5-14-12(7-10)18-16(22)13-3-2-6-20(13)23-14/h2-7,11H,8-9H2,1H3,(H,17,21)(H,18,22). The number of nitrogens with zero attached hydrogens (tertiary/aromatic N) is 2. The molecule has 1 aromatic heterocycles. The van der Waals surface area contributed by atoms with Crippen molar-refractivity contribution in [3.05, 3.63) is 47.8 Å². The molecule has 0 aliphatic carbocycles. The lowest BCUT2D eigenvalue weighted by Crippen LogP contribution is -2.57. The topological polar surface area (TPSA) is 66.4 Å².